The van der Waals surface area contributed by atoms with Crippen LogP contribution in [0.2, 0.25) is 0 Å². The van der Waals surface area contributed by atoms with Gasteiger partial charge in [0.2, 0.25) is 11.8 Å². The first-order valence-electron chi connectivity index (χ1n) is 7.22. The van der Waals surface area contributed by atoms with Crippen LogP contribution in [0.25, 0.3) is 0 Å². The molecule has 122 valence electrons. The maximum absolute atomic E-state index is 13.3. The Hall–Kier alpha value is -1.95. The highest BCUT2D eigenvalue weighted by molar-refractivity contribution is 5.83. The quantitative estimate of drug-likeness (QED) is 0.775. The summed E-state index contributed by atoms with van der Waals surface area (Å²) in [5, 5.41) is 2.80. The number of amides is 2. The van der Waals surface area contributed by atoms with Gasteiger partial charge in [-0.1, -0.05) is 12.1 Å². The second-order valence-corrected chi connectivity index (χ2v) is 5.60. The summed E-state index contributed by atoms with van der Waals surface area (Å²) >= 11 is 0. The maximum atomic E-state index is 13.3. The third kappa shape index (κ3) is 5.44. The van der Waals surface area contributed by atoms with Crippen molar-refractivity contribution in [2.24, 2.45) is 0 Å². The second kappa shape index (κ2) is 8.48. The molecule has 0 bridgehead atoms. The fourth-order valence-corrected chi connectivity index (χ4v) is 2.13. The number of halogens is 1. The molecule has 2 amide bonds. The minimum atomic E-state index is -0.555. The van der Waals surface area contributed by atoms with Crippen LogP contribution in [0.4, 0.5) is 4.39 Å². The Bertz CT molecular complexity index is 518. The van der Waals surface area contributed by atoms with Gasteiger partial charge in [-0.05, 0) is 38.2 Å². The van der Waals surface area contributed by atoms with Crippen molar-refractivity contribution < 1.29 is 14.0 Å². The number of hydrogen-bond donors (Lipinski definition) is 1. The van der Waals surface area contributed by atoms with Gasteiger partial charge < -0.3 is 10.2 Å². The molecule has 1 aromatic rings. The van der Waals surface area contributed by atoms with Crippen LogP contribution < -0.4 is 5.32 Å². The van der Waals surface area contributed by atoms with Crippen LogP contribution in [-0.4, -0.2) is 56.3 Å². The van der Waals surface area contributed by atoms with Gasteiger partial charge in [-0.3, -0.25) is 14.5 Å². The molecule has 0 fully saturated rings. The van der Waals surface area contributed by atoms with Gasteiger partial charge in [0.1, 0.15) is 11.9 Å². The number of likely N-dealkylation sites (N-methyl/N-ethyl adjacent to an activating group) is 1. The normalized spacial score (nSPS) is 12.1. The topological polar surface area (TPSA) is 52.7 Å². The molecule has 22 heavy (non-hydrogen) atoms. The lowest BCUT2D eigenvalue weighted by Gasteiger charge is -2.24. The number of hydrogen-bond acceptors (Lipinski definition) is 3. The van der Waals surface area contributed by atoms with E-state index in [2.05, 4.69) is 5.32 Å². The summed E-state index contributed by atoms with van der Waals surface area (Å²) in [6.45, 7) is 0.415. The molecule has 0 radical (unpaired) electrons. The number of carbonyl (C=O) groups excluding carboxylic acids is 2. The molecule has 5 nitrogen and oxygen atoms in total. The Morgan fingerprint density at radius 2 is 1.91 bits per heavy atom. The standard InChI is InChI=1S/C16H24FN3O2/c1-19(2)14(21)9-6-10-18-16(22)15(20(3)4)12-7-5-8-13(17)11-12/h5,7-8,11,15H,6,9-10H2,1-4H3,(H,18,22)/t15-/m1/s1. The maximum Gasteiger partial charge on any atom is 0.241 e. The molecule has 0 saturated heterocycles. The third-order valence-corrected chi connectivity index (χ3v) is 3.29. The number of benzene rings is 1. The summed E-state index contributed by atoms with van der Waals surface area (Å²) < 4.78 is 13.3. The first kappa shape index (κ1) is 18.1. The van der Waals surface area contributed by atoms with Gasteiger partial charge in [0.15, 0.2) is 0 Å². The molecule has 0 unspecified atom stereocenters. The summed E-state index contributed by atoms with van der Waals surface area (Å²) in [7, 11) is 6.94. The van der Waals surface area contributed by atoms with Crippen molar-refractivity contribution in [2.75, 3.05) is 34.7 Å². The van der Waals surface area contributed by atoms with Gasteiger partial charge >= 0.3 is 0 Å². The van der Waals surface area contributed by atoms with E-state index in [9.17, 15) is 14.0 Å². The van der Waals surface area contributed by atoms with E-state index in [4.69, 9.17) is 0 Å². The molecule has 1 N–H and O–H groups in total. The Morgan fingerprint density at radius 3 is 2.45 bits per heavy atom. The Morgan fingerprint density at radius 1 is 1.23 bits per heavy atom. The van der Waals surface area contributed by atoms with E-state index in [-0.39, 0.29) is 17.6 Å². The van der Waals surface area contributed by atoms with Crippen LogP contribution in [0.15, 0.2) is 24.3 Å². The average molecular weight is 309 g/mol. The van der Waals surface area contributed by atoms with Crippen LogP contribution in [0, 0.1) is 5.82 Å². The van der Waals surface area contributed by atoms with Crippen LogP contribution in [0.1, 0.15) is 24.4 Å². The van der Waals surface area contributed by atoms with Crippen LogP contribution in [0.3, 0.4) is 0 Å². The fourth-order valence-electron chi connectivity index (χ4n) is 2.13. The van der Waals surface area contributed by atoms with E-state index in [1.165, 1.54) is 17.0 Å². The van der Waals surface area contributed by atoms with Gasteiger partial charge in [-0.15, -0.1) is 0 Å². The lowest BCUT2D eigenvalue weighted by Crippen LogP contribution is -2.37. The molecule has 0 aromatic heterocycles. The van der Waals surface area contributed by atoms with E-state index in [0.29, 0.717) is 24.9 Å². The van der Waals surface area contributed by atoms with Gasteiger partial charge in [0.05, 0.1) is 0 Å². The summed E-state index contributed by atoms with van der Waals surface area (Å²) in [6.07, 6.45) is 0.964. The SMILES string of the molecule is CN(C)C(=O)CCCNC(=O)[C@@H](c1cccc(F)c1)N(C)C. The van der Waals surface area contributed by atoms with Crippen LogP contribution >= 0.6 is 0 Å². The summed E-state index contributed by atoms with van der Waals surface area (Å²) in [5.74, 6) is -0.537. The van der Waals surface area contributed by atoms with Crippen molar-refractivity contribution in [1.29, 1.82) is 0 Å². The van der Waals surface area contributed by atoms with Gasteiger partial charge in [-0.25, -0.2) is 4.39 Å². The zero-order chi connectivity index (χ0) is 16.7. The molecule has 1 rings (SSSR count). The lowest BCUT2D eigenvalue weighted by molar-refractivity contribution is -0.129. The third-order valence-electron chi connectivity index (χ3n) is 3.29. The predicted molar refractivity (Wildman–Crippen MR) is 83.8 cm³/mol. The van der Waals surface area contributed by atoms with E-state index in [1.807, 2.05) is 0 Å². The Balaban J connectivity index is 2.58. The lowest BCUT2D eigenvalue weighted by atomic mass is 10.0. The number of carbonyl (C=O) groups is 2. The largest absolute Gasteiger partial charge is 0.354 e. The average Bonchev–Trinajstić information content (AvgIpc) is 2.43. The molecule has 0 aliphatic carbocycles. The van der Waals surface area contributed by atoms with Crippen molar-refractivity contribution in [1.82, 2.24) is 15.1 Å². The molecular weight excluding hydrogens is 285 g/mol. The molecule has 1 atom stereocenters. The minimum Gasteiger partial charge on any atom is -0.354 e. The van der Waals surface area contributed by atoms with Gasteiger partial charge in [-0.2, -0.15) is 0 Å². The first-order valence-corrected chi connectivity index (χ1v) is 7.22. The van der Waals surface area contributed by atoms with E-state index in [1.54, 1.807) is 45.2 Å². The van der Waals surface area contributed by atoms with Crippen LogP contribution in [0.5, 0.6) is 0 Å². The van der Waals surface area contributed by atoms with Gasteiger partial charge in [0.25, 0.3) is 0 Å². The molecule has 0 spiro atoms. The Labute approximate surface area is 131 Å². The van der Waals surface area contributed by atoms with Crippen molar-refractivity contribution in [2.45, 2.75) is 18.9 Å². The molecule has 1 aromatic carbocycles. The fraction of sp³-hybridized carbons (Fsp3) is 0.500. The number of rotatable bonds is 7. The zero-order valence-electron chi connectivity index (χ0n) is 13.6. The number of nitrogens with zero attached hydrogens (tertiary/aromatic N) is 2. The summed E-state index contributed by atoms with van der Waals surface area (Å²) in [5.41, 5.74) is 0.604. The molecular formula is C16H24FN3O2. The van der Waals surface area contributed by atoms with E-state index >= 15 is 0 Å². The highest BCUT2D eigenvalue weighted by atomic mass is 19.1. The minimum absolute atomic E-state index is 0.0311. The van der Waals surface area contributed by atoms with E-state index in [0.717, 1.165) is 0 Å². The molecule has 0 saturated carbocycles. The second-order valence-electron chi connectivity index (χ2n) is 5.60. The monoisotopic (exact) mass is 309 g/mol. The first-order chi connectivity index (χ1) is 10.3. The van der Waals surface area contributed by atoms with Crippen molar-refractivity contribution in [3.05, 3.63) is 35.6 Å². The predicted octanol–water partition coefficient (Wildman–Crippen LogP) is 1.41. The molecule has 0 aliphatic rings. The highest BCUT2D eigenvalue weighted by Crippen LogP contribution is 2.19. The highest BCUT2D eigenvalue weighted by Gasteiger charge is 2.22. The number of nitrogens with one attached hydrogen (secondary N) is 1. The van der Waals surface area contributed by atoms with Gasteiger partial charge in [0, 0.05) is 27.1 Å². The van der Waals surface area contributed by atoms with Crippen molar-refractivity contribution in [3.8, 4) is 0 Å². The molecule has 6 heteroatoms. The van der Waals surface area contributed by atoms with Crippen molar-refractivity contribution in [3.63, 3.8) is 0 Å². The zero-order valence-corrected chi connectivity index (χ0v) is 13.6. The van der Waals surface area contributed by atoms with Crippen LogP contribution in [-0.2, 0) is 9.59 Å². The molecule has 0 aliphatic heterocycles. The summed E-state index contributed by atoms with van der Waals surface area (Å²) in [4.78, 5) is 27.0. The summed E-state index contributed by atoms with van der Waals surface area (Å²) in [6, 6.07) is 5.47. The van der Waals surface area contributed by atoms with Crippen molar-refractivity contribution >= 4 is 11.8 Å². The Kier molecular flexibility index (Phi) is 6.98. The molecule has 0 heterocycles. The smallest absolute Gasteiger partial charge is 0.241 e. The van der Waals surface area contributed by atoms with E-state index < -0.39 is 6.04 Å².